The highest BCUT2D eigenvalue weighted by Gasteiger charge is 2.28. The van der Waals surface area contributed by atoms with Crippen molar-refractivity contribution in [2.24, 2.45) is 5.14 Å². The normalized spacial score (nSPS) is 15.8. The molecule has 18 heavy (non-hydrogen) atoms. The zero-order valence-electron chi connectivity index (χ0n) is 9.83. The molecule has 0 saturated heterocycles. The Balaban J connectivity index is 2.50. The fourth-order valence-corrected chi connectivity index (χ4v) is 3.69. The van der Waals surface area contributed by atoms with Gasteiger partial charge in [-0.3, -0.25) is 4.31 Å². The third kappa shape index (κ3) is 2.23. The van der Waals surface area contributed by atoms with Gasteiger partial charge in [0.15, 0.2) is 0 Å². The van der Waals surface area contributed by atoms with Crippen molar-refractivity contribution < 1.29 is 16.8 Å². The Labute approximate surface area is 107 Å². The van der Waals surface area contributed by atoms with Crippen LogP contribution >= 0.6 is 0 Å². The number of hydrogen-bond donors (Lipinski definition) is 1. The fraction of sp³-hybridized carbons (Fsp3) is 0.400. The Morgan fingerprint density at radius 1 is 1.28 bits per heavy atom. The largest absolute Gasteiger partial charge is 0.270 e. The monoisotopic (exact) mass is 290 g/mol. The molecular formula is C10H14N2O4S2. The van der Waals surface area contributed by atoms with Crippen LogP contribution in [0.1, 0.15) is 12.5 Å². The van der Waals surface area contributed by atoms with E-state index >= 15 is 0 Å². The molecule has 0 amide bonds. The number of hydrogen-bond acceptors (Lipinski definition) is 4. The molecule has 0 fully saturated rings. The highest BCUT2D eigenvalue weighted by molar-refractivity contribution is 7.92. The Hall–Kier alpha value is -1.12. The SMILES string of the molecule is CCS(=O)(=O)N1CCc2cc(S(N)(=O)=O)ccc21. The third-order valence-corrected chi connectivity index (χ3v) is 5.62. The molecule has 8 heteroatoms. The van der Waals surface area contributed by atoms with Crippen molar-refractivity contribution >= 4 is 25.7 Å². The number of primary sulfonamides is 1. The van der Waals surface area contributed by atoms with Crippen LogP contribution in [0.3, 0.4) is 0 Å². The molecule has 0 aromatic heterocycles. The van der Waals surface area contributed by atoms with E-state index in [2.05, 4.69) is 0 Å². The van der Waals surface area contributed by atoms with E-state index in [-0.39, 0.29) is 10.6 Å². The van der Waals surface area contributed by atoms with Gasteiger partial charge in [0.05, 0.1) is 16.3 Å². The van der Waals surface area contributed by atoms with Crippen LogP contribution in [0.5, 0.6) is 0 Å². The molecule has 0 radical (unpaired) electrons. The lowest BCUT2D eigenvalue weighted by Gasteiger charge is -2.18. The summed E-state index contributed by atoms with van der Waals surface area (Å²) in [5, 5.41) is 5.04. The third-order valence-electron chi connectivity index (χ3n) is 2.93. The zero-order chi connectivity index (χ0) is 13.6. The summed E-state index contributed by atoms with van der Waals surface area (Å²) >= 11 is 0. The van der Waals surface area contributed by atoms with Crippen LogP contribution in [-0.2, 0) is 26.5 Å². The summed E-state index contributed by atoms with van der Waals surface area (Å²) in [5.41, 5.74) is 1.24. The summed E-state index contributed by atoms with van der Waals surface area (Å²) in [6.07, 6.45) is 0.498. The van der Waals surface area contributed by atoms with Crippen molar-refractivity contribution in [3.8, 4) is 0 Å². The Morgan fingerprint density at radius 3 is 2.50 bits per heavy atom. The minimum Gasteiger partial charge on any atom is -0.270 e. The molecule has 1 aliphatic heterocycles. The van der Waals surface area contributed by atoms with Crippen LogP contribution in [-0.4, -0.2) is 29.1 Å². The van der Waals surface area contributed by atoms with E-state index in [4.69, 9.17) is 5.14 Å². The van der Waals surface area contributed by atoms with Crippen LogP contribution in [0.15, 0.2) is 23.1 Å². The fourth-order valence-electron chi connectivity index (χ4n) is 1.97. The van der Waals surface area contributed by atoms with E-state index in [0.717, 1.165) is 0 Å². The maximum atomic E-state index is 11.8. The highest BCUT2D eigenvalue weighted by atomic mass is 32.2. The minimum atomic E-state index is -3.75. The molecule has 6 nitrogen and oxygen atoms in total. The number of benzene rings is 1. The lowest BCUT2D eigenvalue weighted by Crippen LogP contribution is -2.30. The number of anilines is 1. The van der Waals surface area contributed by atoms with E-state index in [1.54, 1.807) is 6.92 Å². The summed E-state index contributed by atoms with van der Waals surface area (Å²) in [6.45, 7) is 1.92. The molecule has 1 aromatic rings. The summed E-state index contributed by atoms with van der Waals surface area (Å²) in [7, 11) is -7.06. The number of nitrogens with two attached hydrogens (primary N) is 1. The van der Waals surface area contributed by atoms with Gasteiger partial charge in [0.25, 0.3) is 0 Å². The second-order valence-electron chi connectivity index (χ2n) is 4.06. The molecule has 0 saturated carbocycles. The molecule has 2 N–H and O–H groups in total. The standard InChI is InChI=1S/C10H14N2O4S2/c1-2-17(13,14)12-6-5-8-7-9(18(11,15)16)3-4-10(8)12/h3-4,7H,2,5-6H2,1H3,(H2,11,15,16). The van der Waals surface area contributed by atoms with Gasteiger partial charge in [-0.25, -0.2) is 22.0 Å². The maximum absolute atomic E-state index is 11.8. The Morgan fingerprint density at radius 2 is 1.94 bits per heavy atom. The second kappa shape index (κ2) is 4.22. The van der Waals surface area contributed by atoms with E-state index in [1.807, 2.05) is 0 Å². The first kappa shape index (κ1) is 13.3. The number of fused-ring (bicyclic) bond motifs is 1. The lowest BCUT2D eigenvalue weighted by molar-refractivity contribution is 0.593. The van der Waals surface area contributed by atoms with E-state index in [1.165, 1.54) is 22.5 Å². The van der Waals surface area contributed by atoms with Crippen LogP contribution in [0.4, 0.5) is 5.69 Å². The lowest BCUT2D eigenvalue weighted by atomic mass is 10.2. The van der Waals surface area contributed by atoms with Gasteiger partial charge in [-0.05, 0) is 37.1 Å². The van der Waals surface area contributed by atoms with Crippen molar-refractivity contribution in [2.75, 3.05) is 16.6 Å². The molecule has 100 valence electrons. The van der Waals surface area contributed by atoms with Gasteiger partial charge >= 0.3 is 0 Å². The van der Waals surface area contributed by atoms with Gasteiger partial charge in [-0.15, -0.1) is 0 Å². The quantitative estimate of drug-likeness (QED) is 0.850. The van der Waals surface area contributed by atoms with E-state index in [9.17, 15) is 16.8 Å². The van der Waals surface area contributed by atoms with Gasteiger partial charge in [-0.2, -0.15) is 0 Å². The molecule has 0 bridgehead atoms. The number of rotatable bonds is 3. The molecule has 2 rings (SSSR count). The molecule has 1 aromatic carbocycles. The minimum absolute atomic E-state index is 0.0111. The van der Waals surface area contributed by atoms with Crippen LogP contribution < -0.4 is 9.44 Å². The Bertz CT molecular complexity index is 680. The molecule has 0 spiro atoms. The van der Waals surface area contributed by atoms with Crippen LogP contribution in [0.25, 0.3) is 0 Å². The highest BCUT2D eigenvalue weighted by Crippen LogP contribution is 2.31. The van der Waals surface area contributed by atoms with E-state index in [0.29, 0.717) is 24.2 Å². The maximum Gasteiger partial charge on any atom is 0.238 e. The smallest absolute Gasteiger partial charge is 0.238 e. The Kier molecular flexibility index (Phi) is 3.12. The van der Waals surface area contributed by atoms with Crippen LogP contribution in [0, 0.1) is 0 Å². The first-order chi connectivity index (χ1) is 8.25. The van der Waals surface area contributed by atoms with Crippen molar-refractivity contribution in [3.63, 3.8) is 0 Å². The predicted molar refractivity (Wildman–Crippen MR) is 68.3 cm³/mol. The van der Waals surface area contributed by atoms with Gasteiger partial charge < -0.3 is 0 Å². The molecular weight excluding hydrogens is 276 g/mol. The van der Waals surface area contributed by atoms with Crippen molar-refractivity contribution in [1.82, 2.24) is 0 Å². The van der Waals surface area contributed by atoms with Gasteiger partial charge in [0.2, 0.25) is 20.0 Å². The van der Waals surface area contributed by atoms with Crippen molar-refractivity contribution in [3.05, 3.63) is 23.8 Å². The number of nitrogens with zero attached hydrogens (tertiary/aromatic N) is 1. The summed E-state index contributed by atoms with van der Waals surface area (Å²) in [4.78, 5) is 0.0111. The average Bonchev–Trinajstić information content (AvgIpc) is 2.71. The first-order valence-electron chi connectivity index (χ1n) is 5.42. The van der Waals surface area contributed by atoms with Crippen LogP contribution in [0.2, 0.25) is 0 Å². The summed E-state index contributed by atoms with van der Waals surface area (Å²) in [6, 6.07) is 4.27. The van der Waals surface area contributed by atoms with Crippen molar-refractivity contribution in [1.29, 1.82) is 0 Å². The average molecular weight is 290 g/mol. The molecule has 1 heterocycles. The topological polar surface area (TPSA) is 97.5 Å². The predicted octanol–water partition coefficient (Wildman–Crippen LogP) is 0.0462. The van der Waals surface area contributed by atoms with Crippen molar-refractivity contribution in [2.45, 2.75) is 18.2 Å². The van der Waals surface area contributed by atoms with E-state index < -0.39 is 20.0 Å². The van der Waals surface area contributed by atoms with Gasteiger partial charge in [0.1, 0.15) is 0 Å². The molecule has 0 aliphatic carbocycles. The second-order valence-corrected chi connectivity index (χ2v) is 7.80. The number of sulfonamides is 2. The van der Waals surface area contributed by atoms with Gasteiger partial charge in [0, 0.05) is 6.54 Å². The molecule has 1 aliphatic rings. The zero-order valence-corrected chi connectivity index (χ0v) is 11.5. The summed E-state index contributed by atoms with van der Waals surface area (Å²) in [5.74, 6) is 0.0172. The molecule has 0 unspecified atom stereocenters. The molecule has 0 atom stereocenters. The van der Waals surface area contributed by atoms with Gasteiger partial charge in [-0.1, -0.05) is 0 Å². The summed E-state index contributed by atoms with van der Waals surface area (Å²) < 4.78 is 47.4. The first-order valence-corrected chi connectivity index (χ1v) is 8.57.